The summed E-state index contributed by atoms with van der Waals surface area (Å²) in [7, 11) is 0. The molecule has 1 amide bonds. The van der Waals surface area contributed by atoms with Crippen LogP contribution in [0.5, 0.6) is 0 Å². The molecule has 1 saturated heterocycles. The van der Waals surface area contributed by atoms with E-state index < -0.39 is 0 Å². The van der Waals surface area contributed by atoms with Gasteiger partial charge in [0.15, 0.2) is 0 Å². The highest BCUT2D eigenvalue weighted by Crippen LogP contribution is 2.25. The number of nitrogens with zero attached hydrogens (tertiary/aromatic N) is 3. The van der Waals surface area contributed by atoms with Gasteiger partial charge in [0.25, 0.3) is 5.91 Å². The number of anilines is 2. The van der Waals surface area contributed by atoms with Gasteiger partial charge >= 0.3 is 0 Å². The third-order valence-corrected chi connectivity index (χ3v) is 4.84. The van der Waals surface area contributed by atoms with Gasteiger partial charge in [-0.05, 0) is 46.3 Å². The average molecular weight is 385 g/mol. The molecule has 0 saturated carbocycles. The fourth-order valence-corrected chi connectivity index (χ4v) is 3.33. The molecule has 0 atom stereocenters. The second-order valence-corrected chi connectivity index (χ2v) is 6.50. The van der Waals surface area contributed by atoms with Crippen LogP contribution in [0.25, 0.3) is 0 Å². The average Bonchev–Trinajstić information content (AvgIpc) is 2.61. The lowest BCUT2D eigenvalue weighted by Gasteiger charge is -2.36. The van der Waals surface area contributed by atoms with Crippen molar-refractivity contribution in [2.75, 3.05) is 36.8 Å². The van der Waals surface area contributed by atoms with Crippen molar-refractivity contribution in [3.05, 3.63) is 58.1 Å². The van der Waals surface area contributed by atoms with Crippen LogP contribution in [0.2, 0.25) is 0 Å². The summed E-state index contributed by atoms with van der Waals surface area (Å²) in [6.45, 7) is 2.62. The monoisotopic (exact) mass is 384 g/mol. The van der Waals surface area contributed by atoms with Gasteiger partial charge in [-0.1, -0.05) is 12.1 Å². The first kappa shape index (κ1) is 16.3. The van der Waals surface area contributed by atoms with Gasteiger partial charge in [-0.15, -0.1) is 0 Å². The Hall–Kier alpha value is -2.52. The van der Waals surface area contributed by atoms with E-state index in [2.05, 4.69) is 26.9 Å². The Labute approximate surface area is 149 Å². The van der Waals surface area contributed by atoms with Crippen molar-refractivity contribution in [3.63, 3.8) is 0 Å². The summed E-state index contributed by atoms with van der Waals surface area (Å²) < 4.78 is 0.808. The number of hydrogen-bond donors (Lipinski definition) is 1. The van der Waals surface area contributed by atoms with Crippen molar-refractivity contribution in [1.82, 2.24) is 4.90 Å². The maximum atomic E-state index is 12.6. The standard InChI is InChI=1S/C18H17BrN4O/c19-16-4-2-1-3-15(16)18(24)23-9-7-22(8-10-23)17-6-5-14(21)11-13(17)12-20/h1-6,11H,7-10,21H2. The van der Waals surface area contributed by atoms with Crippen LogP contribution in [0.15, 0.2) is 46.9 Å². The summed E-state index contributed by atoms with van der Waals surface area (Å²) in [4.78, 5) is 16.6. The number of hydrogen-bond acceptors (Lipinski definition) is 4. The lowest BCUT2D eigenvalue weighted by Crippen LogP contribution is -2.49. The Balaban J connectivity index is 1.72. The number of halogens is 1. The predicted octanol–water partition coefficient (Wildman–Crippen LogP) is 2.87. The van der Waals surface area contributed by atoms with E-state index in [-0.39, 0.29) is 5.91 Å². The lowest BCUT2D eigenvalue weighted by molar-refractivity contribution is 0.0746. The molecule has 24 heavy (non-hydrogen) atoms. The molecule has 0 aliphatic carbocycles. The fourth-order valence-electron chi connectivity index (χ4n) is 2.87. The number of nitriles is 1. The smallest absolute Gasteiger partial charge is 0.255 e. The number of rotatable bonds is 2. The van der Waals surface area contributed by atoms with E-state index in [9.17, 15) is 10.1 Å². The maximum Gasteiger partial charge on any atom is 0.255 e. The summed E-state index contributed by atoms with van der Waals surface area (Å²) in [6, 6.07) is 15.0. The van der Waals surface area contributed by atoms with Crippen molar-refractivity contribution in [1.29, 1.82) is 5.26 Å². The molecule has 2 aromatic carbocycles. The molecule has 3 rings (SSSR count). The molecule has 2 N–H and O–H groups in total. The zero-order valence-corrected chi connectivity index (χ0v) is 14.7. The molecule has 1 aliphatic heterocycles. The first-order chi connectivity index (χ1) is 11.6. The van der Waals surface area contributed by atoms with Crippen molar-refractivity contribution in [3.8, 4) is 6.07 Å². The molecule has 2 aromatic rings. The third-order valence-electron chi connectivity index (χ3n) is 4.15. The summed E-state index contributed by atoms with van der Waals surface area (Å²) in [5.74, 6) is 0.0277. The SMILES string of the molecule is N#Cc1cc(N)ccc1N1CCN(C(=O)c2ccccc2Br)CC1. The van der Waals surface area contributed by atoms with E-state index in [0.717, 1.165) is 10.2 Å². The highest BCUT2D eigenvalue weighted by atomic mass is 79.9. The van der Waals surface area contributed by atoms with Crippen LogP contribution in [-0.2, 0) is 0 Å². The van der Waals surface area contributed by atoms with Gasteiger partial charge in [0.1, 0.15) is 6.07 Å². The molecule has 0 unspecified atom stereocenters. The van der Waals surface area contributed by atoms with Crippen molar-refractivity contribution < 1.29 is 4.79 Å². The van der Waals surface area contributed by atoms with Gasteiger partial charge < -0.3 is 15.5 Å². The van der Waals surface area contributed by atoms with Crippen LogP contribution in [-0.4, -0.2) is 37.0 Å². The molecule has 0 aromatic heterocycles. The van der Waals surface area contributed by atoms with Crippen LogP contribution in [0.3, 0.4) is 0 Å². The fraction of sp³-hybridized carbons (Fsp3) is 0.222. The summed E-state index contributed by atoms with van der Waals surface area (Å²) in [6.07, 6.45) is 0. The Bertz CT molecular complexity index is 807. The minimum Gasteiger partial charge on any atom is -0.399 e. The molecule has 1 fully saturated rings. The molecule has 6 heteroatoms. The van der Waals surface area contributed by atoms with Crippen molar-refractivity contribution in [2.24, 2.45) is 0 Å². The topological polar surface area (TPSA) is 73.4 Å². The highest BCUT2D eigenvalue weighted by molar-refractivity contribution is 9.10. The van der Waals surface area contributed by atoms with Gasteiger partial charge in [-0.25, -0.2) is 0 Å². The zero-order chi connectivity index (χ0) is 17.1. The minimum absolute atomic E-state index is 0.0277. The second-order valence-electron chi connectivity index (χ2n) is 5.65. The first-order valence-electron chi connectivity index (χ1n) is 7.68. The van der Waals surface area contributed by atoms with Crippen molar-refractivity contribution in [2.45, 2.75) is 0 Å². The number of amides is 1. The van der Waals surface area contributed by atoms with E-state index in [1.165, 1.54) is 0 Å². The van der Waals surface area contributed by atoms with E-state index in [4.69, 9.17) is 5.73 Å². The predicted molar refractivity (Wildman–Crippen MR) is 97.8 cm³/mol. The van der Waals surface area contributed by atoms with Crippen LogP contribution in [0.4, 0.5) is 11.4 Å². The quantitative estimate of drug-likeness (QED) is 0.807. The normalized spacial score (nSPS) is 14.3. The number of piperazine rings is 1. The Morgan fingerprint density at radius 2 is 1.83 bits per heavy atom. The molecule has 122 valence electrons. The Kier molecular flexibility index (Phi) is 4.72. The molecule has 5 nitrogen and oxygen atoms in total. The first-order valence-corrected chi connectivity index (χ1v) is 8.48. The maximum absolute atomic E-state index is 12.6. The number of nitrogen functional groups attached to an aromatic ring is 1. The zero-order valence-electron chi connectivity index (χ0n) is 13.1. The number of carbonyl (C=O) groups excluding carboxylic acids is 1. The van der Waals surface area contributed by atoms with Crippen LogP contribution in [0, 0.1) is 11.3 Å². The molecular weight excluding hydrogens is 368 g/mol. The highest BCUT2D eigenvalue weighted by Gasteiger charge is 2.24. The van der Waals surface area contributed by atoms with Crippen LogP contribution < -0.4 is 10.6 Å². The van der Waals surface area contributed by atoms with Gasteiger partial charge in [0.05, 0.1) is 16.8 Å². The molecule has 0 radical (unpaired) electrons. The Morgan fingerprint density at radius 1 is 1.12 bits per heavy atom. The van der Waals surface area contributed by atoms with Crippen LogP contribution >= 0.6 is 15.9 Å². The van der Waals surface area contributed by atoms with E-state index in [1.54, 1.807) is 12.1 Å². The van der Waals surface area contributed by atoms with Crippen molar-refractivity contribution >= 4 is 33.2 Å². The number of nitrogens with two attached hydrogens (primary N) is 1. The molecule has 1 heterocycles. The number of carbonyl (C=O) groups is 1. The summed E-state index contributed by atoms with van der Waals surface area (Å²) in [5, 5.41) is 9.29. The van der Waals surface area contributed by atoms with E-state index >= 15 is 0 Å². The largest absolute Gasteiger partial charge is 0.399 e. The molecule has 0 spiro atoms. The molecular formula is C18H17BrN4O. The van der Waals surface area contributed by atoms with Gasteiger partial charge in [0.2, 0.25) is 0 Å². The molecule has 0 bridgehead atoms. The van der Waals surface area contributed by atoms with E-state index in [0.29, 0.717) is 43.0 Å². The third kappa shape index (κ3) is 3.22. The number of benzene rings is 2. The van der Waals surface area contributed by atoms with Gasteiger partial charge in [0, 0.05) is 36.3 Å². The summed E-state index contributed by atoms with van der Waals surface area (Å²) in [5.41, 5.74) is 8.45. The van der Waals surface area contributed by atoms with E-state index in [1.807, 2.05) is 35.2 Å². The van der Waals surface area contributed by atoms with Crippen LogP contribution in [0.1, 0.15) is 15.9 Å². The molecule has 1 aliphatic rings. The second kappa shape index (κ2) is 6.93. The summed E-state index contributed by atoms with van der Waals surface area (Å²) >= 11 is 3.43. The van der Waals surface area contributed by atoms with Gasteiger partial charge in [-0.3, -0.25) is 4.79 Å². The Morgan fingerprint density at radius 3 is 2.50 bits per heavy atom. The lowest BCUT2D eigenvalue weighted by atomic mass is 10.1. The van der Waals surface area contributed by atoms with Gasteiger partial charge in [-0.2, -0.15) is 5.26 Å². The minimum atomic E-state index is 0.0277.